The third kappa shape index (κ3) is 2.62. The summed E-state index contributed by atoms with van der Waals surface area (Å²) in [6.45, 7) is 2.66. The van der Waals surface area contributed by atoms with Crippen molar-refractivity contribution in [1.29, 1.82) is 0 Å². The average molecular weight is 413 g/mol. The van der Waals surface area contributed by atoms with E-state index in [-0.39, 0.29) is 5.91 Å². The Bertz CT molecular complexity index is 1220. The van der Waals surface area contributed by atoms with Crippen molar-refractivity contribution >= 4 is 44.9 Å². The minimum absolute atomic E-state index is 0.0889. The molecule has 5 nitrogen and oxygen atoms in total. The van der Waals surface area contributed by atoms with E-state index in [2.05, 4.69) is 9.97 Å². The Labute approximate surface area is 169 Å². The highest BCUT2D eigenvalue weighted by Gasteiger charge is 2.31. The second kappa shape index (κ2) is 6.39. The number of nitrogens with zero attached hydrogens (tertiary/aromatic N) is 4. The smallest absolute Gasteiger partial charge is 0.226 e. The highest BCUT2D eigenvalue weighted by atomic mass is 35.5. The van der Waals surface area contributed by atoms with Gasteiger partial charge < -0.3 is 4.57 Å². The monoisotopic (exact) mass is 412 g/mol. The number of imidazole rings is 1. The molecule has 8 heteroatoms. The first kappa shape index (κ1) is 17.3. The summed E-state index contributed by atoms with van der Waals surface area (Å²) in [6, 6.07) is 8.40. The number of rotatable bonds is 2. The number of thiophene rings is 1. The first-order valence-corrected chi connectivity index (χ1v) is 9.90. The predicted octanol–water partition coefficient (Wildman–Crippen LogP) is 4.99. The normalized spacial score (nSPS) is 13.3. The molecule has 0 fully saturated rings. The van der Waals surface area contributed by atoms with Crippen LogP contribution in [0.15, 0.2) is 42.7 Å². The standard InChI is InChI=1S/C20H14ClFN4OS/c1-11(27)25-6-7-26-19(17-8-12-10-23-5-4-16(12)28-17)18(24-20(25)26)14-9-13(21)2-3-15(14)22/h2-5,8-10H,6-7H2,1H3. The molecule has 0 aliphatic carbocycles. The van der Waals surface area contributed by atoms with Gasteiger partial charge in [-0.05, 0) is 30.3 Å². The molecule has 1 aliphatic heterocycles. The maximum atomic E-state index is 14.7. The number of carbonyl (C=O) groups excluding carboxylic acids is 1. The Morgan fingerprint density at radius 3 is 2.89 bits per heavy atom. The molecule has 0 saturated carbocycles. The second-order valence-electron chi connectivity index (χ2n) is 6.58. The maximum absolute atomic E-state index is 14.7. The van der Waals surface area contributed by atoms with Crippen LogP contribution in [0.5, 0.6) is 0 Å². The molecule has 140 valence electrons. The zero-order valence-electron chi connectivity index (χ0n) is 14.8. The fourth-order valence-electron chi connectivity index (χ4n) is 3.57. The van der Waals surface area contributed by atoms with Crippen LogP contribution < -0.4 is 4.90 Å². The van der Waals surface area contributed by atoms with Crippen LogP contribution in [0.25, 0.3) is 31.9 Å². The number of hydrogen-bond acceptors (Lipinski definition) is 4. The Morgan fingerprint density at radius 2 is 2.11 bits per heavy atom. The van der Waals surface area contributed by atoms with Crippen molar-refractivity contribution in [1.82, 2.24) is 14.5 Å². The van der Waals surface area contributed by atoms with Crippen LogP contribution in [0.3, 0.4) is 0 Å². The summed E-state index contributed by atoms with van der Waals surface area (Å²) in [5.41, 5.74) is 1.60. The third-order valence-electron chi connectivity index (χ3n) is 4.85. The molecule has 1 aliphatic rings. The van der Waals surface area contributed by atoms with Crippen LogP contribution in [-0.2, 0) is 11.3 Å². The van der Waals surface area contributed by atoms with Gasteiger partial charge in [-0.1, -0.05) is 11.6 Å². The Morgan fingerprint density at radius 1 is 1.25 bits per heavy atom. The molecular formula is C20H14ClFN4OS. The van der Waals surface area contributed by atoms with E-state index in [1.54, 1.807) is 34.7 Å². The Hall–Kier alpha value is -2.77. The fraction of sp³-hybridized carbons (Fsp3) is 0.150. The predicted molar refractivity (Wildman–Crippen MR) is 109 cm³/mol. The van der Waals surface area contributed by atoms with Crippen molar-refractivity contribution in [2.75, 3.05) is 11.4 Å². The lowest BCUT2D eigenvalue weighted by molar-refractivity contribution is -0.116. The minimum atomic E-state index is -0.403. The number of hydrogen-bond donors (Lipinski definition) is 0. The number of fused-ring (bicyclic) bond motifs is 2. The van der Waals surface area contributed by atoms with E-state index in [0.717, 1.165) is 20.7 Å². The topological polar surface area (TPSA) is 51.0 Å². The highest BCUT2D eigenvalue weighted by molar-refractivity contribution is 7.22. The molecule has 4 aromatic rings. The minimum Gasteiger partial charge on any atom is -0.307 e. The van der Waals surface area contributed by atoms with Crippen LogP contribution in [-0.4, -0.2) is 27.0 Å². The Kier molecular flexibility index (Phi) is 3.96. The molecule has 0 saturated heterocycles. The molecule has 5 rings (SSSR count). The third-order valence-corrected chi connectivity index (χ3v) is 6.21. The van der Waals surface area contributed by atoms with Gasteiger partial charge in [-0.15, -0.1) is 11.3 Å². The molecule has 0 radical (unpaired) electrons. The molecule has 0 N–H and O–H groups in total. The first-order valence-electron chi connectivity index (χ1n) is 8.71. The van der Waals surface area contributed by atoms with E-state index in [4.69, 9.17) is 11.6 Å². The van der Waals surface area contributed by atoms with Crippen molar-refractivity contribution in [2.24, 2.45) is 0 Å². The number of aromatic nitrogens is 3. The van der Waals surface area contributed by atoms with E-state index in [1.165, 1.54) is 19.1 Å². The molecule has 28 heavy (non-hydrogen) atoms. The van der Waals surface area contributed by atoms with Gasteiger partial charge >= 0.3 is 0 Å². The lowest BCUT2D eigenvalue weighted by Crippen LogP contribution is -2.26. The van der Waals surface area contributed by atoms with Crippen LogP contribution >= 0.6 is 22.9 Å². The van der Waals surface area contributed by atoms with E-state index in [0.29, 0.717) is 35.3 Å². The molecule has 0 bridgehead atoms. The molecule has 1 amide bonds. The summed E-state index contributed by atoms with van der Waals surface area (Å²) in [5.74, 6) is 0.0426. The molecule has 1 aromatic carbocycles. The van der Waals surface area contributed by atoms with Gasteiger partial charge in [-0.2, -0.15) is 0 Å². The molecule has 0 unspecified atom stereocenters. The number of anilines is 1. The van der Waals surface area contributed by atoms with E-state index < -0.39 is 5.82 Å². The lowest BCUT2D eigenvalue weighted by atomic mass is 10.1. The van der Waals surface area contributed by atoms with Crippen LogP contribution in [0, 0.1) is 5.82 Å². The van der Waals surface area contributed by atoms with Crippen molar-refractivity contribution < 1.29 is 9.18 Å². The van der Waals surface area contributed by atoms with Crippen LogP contribution in [0.4, 0.5) is 10.3 Å². The van der Waals surface area contributed by atoms with E-state index in [9.17, 15) is 9.18 Å². The number of halogens is 2. The summed E-state index contributed by atoms with van der Waals surface area (Å²) in [7, 11) is 0. The van der Waals surface area contributed by atoms with Gasteiger partial charge in [0.2, 0.25) is 11.9 Å². The van der Waals surface area contributed by atoms with Gasteiger partial charge in [-0.3, -0.25) is 14.7 Å². The molecule has 0 atom stereocenters. The van der Waals surface area contributed by atoms with Gasteiger partial charge in [0.25, 0.3) is 0 Å². The Balaban J connectivity index is 1.80. The van der Waals surface area contributed by atoms with Crippen molar-refractivity contribution in [2.45, 2.75) is 13.5 Å². The van der Waals surface area contributed by atoms with Gasteiger partial charge in [0.05, 0.1) is 10.6 Å². The van der Waals surface area contributed by atoms with Gasteiger partial charge in [-0.25, -0.2) is 9.37 Å². The average Bonchev–Trinajstić information content (AvgIpc) is 3.35. The first-order chi connectivity index (χ1) is 13.5. The summed E-state index contributed by atoms with van der Waals surface area (Å²) >= 11 is 7.72. The van der Waals surface area contributed by atoms with Crippen molar-refractivity contribution in [3.63, 3.8) is 0 Å². The number of carbonyl (C=O) groups is 1. The van der Waals surface area contributed by atoms with Gasteiger partial charge in [0.15, 0.2) is 0 Å². The molecular weight excluding hydrogens is 399 g/mol. The van der Waals surface area contributed by atoms with Crippen molar-refractivity contribution in [3.05, 3.63) is 53.6 Å². The lowest BCUT2D eigenvalue weighted by Gasteiger charge is -2.10. The van der Waals surface area contributed by atoms with Crippen LogP contribution in [0.2, 0.25) is 5.02 Å². The maximum Gasteiger partial charge on any atom is 0.226 e. The van der Waals surface area contributed by atoms with Crippen LogP contribution in [0.1, 0.15) is 6.92 Å². The summed E-state index contributed by atoms with van der Waals surface area (Å²) in [5, 5.41) is 1.44. The molecule has 0 spiro atoms. The largest absolute Gasteiger partial charge is 0.307 e. The number of pyridine rings is 1. The molecule has 3 aromatic heterocycles. The zero-order valence-corrected chi connectivity index (χ0v) is 16.4. The van der Waals surface area contributed by atoms with E-state index in [1.807, 2.05) is 16.7 Å². The quantitative estimate of drug-likeness (QED) is 0.466. The number of amides is 1. The van der Waals surface area contributed by atoms with E-state index >= 15 is 0 Å². The highest BCUT2D eigenvalue weighted by Crippen LogP contribution is 2.43. The fourth-order valence-corrected chi connectivity index (χ4v) is 4.83. The summed E-state index contributed by atoms with van der Waals surface area (Å²) < 4.78 is 17.7. The van der Waals surface area contributed by atoms with Crippen molar-refractivity contribution in [3.8, 4) is 21.8 Å². The SMILES string of the molecule is CC(=O)N1CCn2c1nc(-c1cc(Cl)ccc1F)c2-c1cc2cnccc2s1. The molecule has 4 heterocycles. The second-order valence-corrected chi connectivity index (χ2v) is 8.10. The summed E-state index contributed by atoms with van der Waals surface area (Å²) in [6.07, 6.45) is 3.55. The summed E-state index contributed by atoms with van der Waals surface area (Å²) in [4.78, 5) is 23.4. The zero-order chi connectivity index (χ0) is 19.4. The van der Waals surface area contributed by atoms with Gasteiger partial charge in [0.1, 0.15) is 11.5 Å². The van der Waals surface area contributed by atoms with Gasteiger partial charge in [0, 0.05) is 53.1 Å². The number of benzene rings is 1.